The van der Waals surface area contributed by atoms with Crippen molar-refractivity contribution in [3.05, 3.63) is 102 Å². The predicted octanol–water partition coefficient (Wildman–Crippen LogP) is 8.50. The van der Waals surface area contributed by atoms with Crippen molar-refractivity contribution >= 4 is 45.7 Å². The van der Waals surface area contributed by atoms with E-state index >= 15 is 0 Å². The molecule has 5 rings (SSSR count). The van der Waals surface area contributed by atoms with E-state index in [0.29, 0.717) is 12.9 Å². The average Bonchev–Trinajstić information content (AvgIpc) is 3.64. The molecule has 5 nitrogen and oxygen atoms in total. The topological polar surface area (TPSA) is 33.5 Å². The van der Waals surface area contributed by atoms with Gasteiger partial charge in [0.25, 0.3) is 0 Å². The van der Waals surface area contributed by atoms with Gasteiger partial charge in [0.2, 0.25) is 0 Å². The number of ether oxygens (including phenoxy) is 1. The number of rotatable bonds is 9. The van der Waals surface area contributed by atoms with Crippen molar-refractivity contribution in [3.8, 4) is 5.75 Å². The minimum Gasteiger partial charge on any atom is -0.486 e. The third-order valence-corrected chi connectivity index (χ3v) is 8.04. The summed E-state index contributed by atoms with van der Waals surface area (Å²) in [6.45, 7) is 6.74. The zero-order valence-electron chi connectivity index (χ0n) is 21.6. The smallest absolute Gasteiger partial charge is 0.165 e. The molecule has 2 heterocycles. The second kappa shape index (κ2) is 13.9. The molecule has 38 heavy (non-hydrogen) atoms. The largest absolute Gasteiger partial charge is 0.486 e. The molecule has 1 aliphatic rings. The molecule has 4 aromatic rings. The second-order valence-electron chi connectivity index (χ2n) is 8.65. The van der Waals surface area contributed by atoms with Crippen LogP contribution in [0.5, 0.6) is 5.75 Å². The molecule has 1 aromatic heterocycles. The van der Waals surface area contributed by atoms with Gasteiger partial charge in [0.05, 0.1) is 6.37 Å². The molecule has 0 radical (unpaired) electrons. The molecule has 1 atom stereocenters. The average molecular weight is 648 g/mol. The fourth-order valence-electron chi connectivity index (χ4n) is 4.31. The summed E-state index contributed by atoms with van der Waals surface area (Å²) in [5, 5.41) is 4.91. The first-order valence-corrected chi connectivity index (χ1v) is 16.9. The van der Waals surface area contributed by atoms with Crippen LogP contribution in [0.2, 0.25) is 0 Å². The molecule has 200 valence electrons. The van der Waals surface area contributed by atoms with Gasteiger partial charge in [0.1, 0.15) is 18.2 Å². The Hall–Kier alpha value is -2.71. The van der Waals surface area contributed by atoms with Crippen LogP contribution in [-0.4, -0.2) is 22.6 Å². The van der Waals surface area contributed by atoms with E-state index in [1.165, 1.54) is 31.0 Å². The summed E-state index contributed by atoms with van der Waals surface area (Å²) in [6, 6.07) is 23.1. The van der Waals surface area contributed by atoms with Gasteiger partial charge in [0, 0.05) is 37.5 Å². The van der Waals surface area contributed by atoms with E-state index in [0.717, 1.165) is 41.5 Å². The minimum absolute atomic E-state index is 0.176. The van der Waals surface area contributed by atoms with Crippen LogP contribution in [0.1, 0.15) is 37.8 Å². The number of aromatic nitrogens is 2. The first-order chi connectivity index (χ1) is 18.6. The number of hydrogen-bond acceptors (Lipinski definition) is 4. The van der Waals surface area contributed by atoms with Gasteiger partial charge in [-0.3, -0.25) is 0 Å². The van der Waals surface area contributed by atoms with Gasteiger partial charge in [-0.25, -0.2) is 13.2 Å². The highest BCUT2D eigenvalue weighted by molar-refractivity contribution is 14.2. The van der Waals surface area contributed by atoms with Crippen LogP contribution >= 0.6 is 28.4 Å². The van der Waals surface area contributed by atoms with Crippen molar-refractivity contribution in [2.24, 2.45) is 0 Å². The molecule has 3 aromatic carbocycles. The molecule has 0 spiro atoms. The molecule has 1 fully saturated rings. The van der Waals surface area contributed by atoms with Gasteiger partial charge >= 0.3 is 0 Å². The molecule has 0 bridgehead atoms. The van der Waals surface area contributed by atoms with Gasteiger partial charge in [-0.05, 0) is 70.3 Å². The lowest BCUT2D eigenvalue weighted by molar-refractivity contribution is 0.290. The van der Waals surface area contributed by atoms with Crippen molar-refractivity contribution in [2.45, 2.75) is 39.8 Å². The Kier molecular flexibility index (Phi) is 10.4. The minimum atomic E-state index is -0.423. The fourth-order valence-corrected chi connectivity index (χ4v) is 5.81. The molecule has 0 aliphatic carbocycles. The number of halogens is 3. The lowest BCUT2D eigenvalue weighted by Gasteiger charge is -2.23. The summed E-state index contributed by atoms with van der Waals surface area (Å²) in [7, 11) is 0. The van der Waals surface area contributed by atoms with Crippen LogP contribution < -0.4 is 14.5 Å². The molecule has 1 aliphatic heterocycles. The van der Waals surface area contributed by atoms with Gasteiger partial charge in [-0.1, -0.05) is 56.3 Å². The van der Waals surface area contributed by atoms with E-state index in [4.69, 9.17) is 9.84 Å². The highest BCUT2D eigenvalue weighted by atomic mass is 127. The van der Waals surface area contributed by atoms with Crippen molar-refractivity contribution < 1.29 is 13.5 Å². The zero-order valence-corrected chi connectivity index (χ0v) is 24.7. The Bertz CT molecular complexity index is 1300. The fraction of sp³-hybridized carbons (Fsp3) is 0.276. The molecule has 1 saturated heterocycles. The predicted molar refractivity (Wildman–Crippen MR) is 162 cm³/mol. The maximum absolute atomic E-state index is 14.7. The van der Waals surface area contributed by atoms with Crippen LogP contribution in [0.25, 0.3) is 0 Å². The van der Waals surface area contributed by atoms with Crippen LogP contribution in [0.3, 0.4) is 0 Å². The first-order valence-electron chi connectivity index (χ1n) is 12.8. The van der Waals surface area contributed by atoms with Crippen molar-refractivity contribution in [1.82, 2.24) is 9.55 Å². The van der Waals surface area contributed by atoms with Crippen molar-refractivity contribution in [3.63, 3.8) is 0 Å². The second-order valence-corrected chi connectivity index (χ2v) is 10.7. The van der Waals surface area contributed by atoms with Crippen LogP contribution in [-0.2, 0) is 13.2 Å². The van der Waals surface area contributed by atoms with Gasteiger partial charge in [0.15, 0.2) is 17.4 Å². The van der Waals surface area contributed by atoms with E-state index in [9.17, 15) is 8.78 Å². The molecule has 9 heteroatoms. The zero-order chi connectivity index (χ0) is 26.9. The van der Waals surface area contributed by atoms with Crippen LogP contribution in [0.15, 0.2) is 78.9 Å². The maximum Gasteiger partial charge on any atom is 0.165 e. The Morgan fingerprint density at radius 2 is 1.63 bits per heavy atom. The first kappa shape index (κ1) is 28.3. The third kappa shape index (κ3) is 7.03. The number of nitrogens with zero attached hydrogens (tertiary/aromatic N) is 4. The van der Waals surface area contributed by atoms with Crippen LogP contribution in [0.4, 0.5) is 26.1 Å². The normalized spacial score (nSPS) is 13.0. The monoisotopic (exact) mass is 648 g/mol. The Morgan fingerprint density at radius 3 is 2.32 bits per heavy atom. The summed E-state index contributed by atoms with van der Waals surface area (Å²) in [5.74, 6) is 1.31. The summed E-state index contributed by atoms with van der Waals surface area (Å²) in [5.41, 5.74) is 2.63. The molecule has 0 N–H and O–H groups in total. The number of hydrogen-bond donors (Lipinski definition) is 0. The quantitative estimate of drug-likeness (QED) is 0.135. The molecule has 1 unspecified atom stereocenters. The molecular formula is C29H32F2IN4OP. The Balaban J connectivity index is 0.00000164. The van der Waals surface area contributed by atoms with Crippen LogP contribution in [0, 0.1) is 11.6 Å². The van der Waals surface area contributed by atoms with E-state index in [2.05, 4.69) is 33.0 Å². The third-order valence-electron chi connectivity index (χ3n) is 6.18. The summed E-state index contributed by atoms with van der Waals surface area (Å²) < 4.78 is 36.2. The van der Waals surface area contributed by atoms with Gasteiger partial charge in [-0.2, -0.15) is 0 Å². The van der Waals surface area contributed by atoms with E-state index in [1.807, 2.05) is 53.5 Å². The standard InChI is InChI=1S/C27H26F2IN4OP.C2H6/c28-22-10-8-20(9-11-22)18-33(26-17-27(34(31-26)36-30)32-14-4-5-15-32)23-12-13-24(29)25(16-23)35-19-21-6-2-1-3-7-21;1-2/h1-3,6-13,16-17,36H,4-5,14-15,18-19H2;1-2H3. The summed E-state index contributed by atoms with van der Waals surface area (Å²) in [4.78, 5) is 4.38. The van der Waals surface area contributed by atoms with Gasteiger partial charge in [-0.15, -0.1) is 5.10 Å². The lowest BCUT2D eigenvalue weighted by atomic mass is 10.2. The van der Waals surface area contributed by atoms with Gasteiger partial charge < -0.3 is 14.5 Å². The lowest BCUT2D eigenvalue weighted by Crippen LogP contribution is -2.19. The molecule has 0 amide bonds. The maximum atomic E-state index is 14.7. The SMILES string of the molecule is CC.Fc1ccc(CN(c2ccc(F)c(OCc3ccccc3)c2)c2cc(N3CCCC3)n(PI)n2)cc1. The summed E-state index contributed by atoms with van der Waals surface area (Å²) in [6.07, 6.45) is 2.79. The van der Waals surface area contributed by atoms with Crippen molar-refractivity contribution in [1.29, 1.82) is 0 Å². The van der Waals surface area contributed by atoms with Crippen molar-refractivity contribution in [2.75, 3.05) is 22.9 Å². The highest BCUT2D eigenvalue weighted by Crippen LogP contribution is 2.38. The van der Waals surface area contributed by atoms with E-state index in [1.54, 1.807) is 24.3 Å². The summed E-state index contributed by atoms with van der Waals surface area (Å²) >= 11 is 2.34. The molecular weight excluding hydrogens is 616 g/mol. The highest BCUT2D eigenvalue weighted by Gasteiger charge is 2.22. The molecule has 0 saturated carbocycles. The van der Waals surface area contributed by atoms with E-state index in [-0.39, 0.29) is 18.2 Å². The van der Waals surface area contributed by atoms with E-state index < -0.39 is 5.82 Å². The number of benzene rings is 3. The Labute approximate surface area is 238 Å². The number of anilines is 3. The Morgan fingerprint density at radius 1 is 0.921 bits per heavy atom.